The number of unbranched alkanes of at least 4 members (excludes halogenated alkanes) is 1. The highest BCUT2D eigenvalue weighted by Crippen LogP contribution is 2.28. The molecule has 0 aliphatic rings. The van der Waals surface area contributed by atoms with E-state index in [4.69, 9.17) is 15.7 Å². The summed E-state index contributed by atoms with van der Waals surface area (Å²) in [5.41, 5.74) is 6.40. The lowest BCUT2D eigenvalue weighted by Gasteiger charge is -2.11. The zero-order valence-corrected chi connectivity index (χ0v) is 11.0. The fourth-order valence-corrected chi connectivity index (χ4v) is 2.00. The standard InChI is InChI=1S/C15H18N2O2/c1-2-3-10-19-14-9-8-13(15(16)17-18)11-6-4-5-7-12(11)14/h4-9,18H,2-3,10H2,1H3,(H2,16,17). The summed E-state index contributed by atoms with van der Waals surface area (Å²) in [5.74, 6) is 0.940. The molecule has 4 heteroatoms. The number of rotatable bonds is 5. The molecule has 2 aromatic carbocycles. The normalized spacial score (nSPS) is 11.7. The third-order valence-electron chi connectivity index (χ3n) is 3.02. The molecule has 0 fully saturated rings. The zero-order chi connectivity index (χ0) is 13.7. The van der Waals surface area contributed by atoms with Gasteiger partial charge in [-0.1, -0.05) is 42.8 Å². The zero-order valence-electron chi connectivity index (χ0n) is 11.0. The lowest BCUT2D eigenvalue weighted by atomic mass is 10.0. The summed E-state index contributed by atoms with van der Waals surface area (Å²) in [6.07, 6.45) is 2.12. The van der Waals surface area contributed by atoms with Gasteiger partial charge < -0.3 is 15.7 Å². The van der Waals surface area contributed by atoms with Gasteiger partial charge in [0.05, 0.1) is 6.61 Å². The number of amidine groups is 1. The minimum absolute atomic E-state index is 0.108. The topological polar surface area (TPSA) is 67.8 Å². The summed E-state index contributed by atoms with van der Waals surface area (Å²) < 4.78 is 5.78. The highest BCUT2D eigenvalue weighted by Gasteiger charge is 2.09. The Morgan fingerprint density at radius 3 is 2.63 bits per heavy atom. The molecule has 0 aliphatic carbocycles. The number of nitrogens with two attached hydrogens (primary N) is 1. The molecule has 0 bridgehead atoms. The van der Waals surface area contributed by atoms with Crippen LogP contribution in [-0.4, -0.2) is 17.6 Å². The quantitative estimate of drug-likeness (QED) is 0.285. The van der Waals surface area contributed by atoms with Gasteiger partial charge in [0.1, 0.15) is 5.75 Å². The monoisotopic (exact) mass is 258 g/mol. The lowest BCUT2D eigenvalue weighted by Crippen LogP contribution is -2.13. The predicted molar refractivity (Wildman–Crippen MR) is 76.9 cm³/mol. The van der Waals surface area contributed by atoms with Gasteiger partial charge in [0.2, 0.25) is 0 Å². The van der Waals surface area contributed by atoms with Gasteiger partial charge >= 0.3 is 0 Å². The van der Waals surface area contributed by atoms with E-state index >= 15 is 0 Å². The maximum Gasteiger partial charge on any atom is 0.170 e. The van der Waals surface area contributed by atoms with Gasteiger partial charge in [0.15, 0.2) is 5.84 Å². The number of nitrogens with zero attached hydrogens (tertiary/aromatic N) is 1. The molecule has 0 radical (unpaired) electrons. The van der Waals surface area contributed by atoms with Gasteiger partial charge in [-0.2, -0.15) is 0 Å². The van der Waals surface area contributed by atoms with Crippen molar-refractivity contribution >= 4 is 16.6 Å². The molecule has 0 aliphatic heterocycles. The molecule has 0 spiro atoms. The van der Waals surface area contributed by atoms with Crippen LogP contribution in [0.4, 0.5) is 0 Å². The van der Waals surface area contributed by atoms with E-state index in [-0.39, 0.29) is 5.84 Å². The van der Waals surface area contributed by atoms with E-state index < -0.39 is 0 Å². The predicted octanol–water partition coefficient (Wildman–Crippen LogP) is 3.11. The van der Waals surface area contributed by atoms with E-state index in [9.17, 15) is 0 Å². The Morgan fingerprint density at radius 2 is 1.95 bits per heavy atom. The minimum Gasteiger partial charge on any atom is -0.493 e. The van der Waals surface area contributed by atoms with Crippen LogP contribution >= 0.6 is 0 Å². The highest BCUT2D eigenvalue weighted by molar-refractivity contribution is 6.10. The second-order valence-electron chi connectivity index (χ2n) is 4.34. The van der Waals surface area contributed by atoms with Crippen LogP contribution < -0.4 is 10.5 Å². The Labute approximate surface area is 112 Å². The molecule has 0 heterocycles. The smallest absolute Gasteiger partial charge is 0.170 e. The first-order valence-corrected chi connectivity index (χ1v) is 6.40. The summed E-state index contributed by atoms with van der Waals surface area (Å²) >= 11 is 0. The van der Waals surface area contributed by atoms with E-state index in [0.29, 0.717) is 12.2 Å². The molecule has 19 heavy (non-hydrogen) atoms. The molecule has 0 atom stereocenters. The Hall–Kier alpha value is -2.23. The Morgan fingerprint density at radius 1 is 1.21 bits per heavy atom. The average Bonchev–Trinajstić information content (AvgIpc) is 2.47. The summed E-state index contributed by atoms with van der Waals surface area (Å²) in [7, 11) is 0. The van der Waals surface area contributed by atoms with Gasteiger partial charge in [0, 0.05) is 10.9 Å². The van der Waals surface area contributed by atoms with Gasteiger partial charge in [-0.15, -0.1) is 0 Å². The average molecular weight is 258 g/mol. The fraction of sp³-hybridized carbons (Fsp3) is 0.267. The van der Waals surface area contributed by atoms with Gasteiger partial charge in [0.25, 0.3) is 0 Å². The van der Waals surface area contributed by atoms with Crippen molar-refractivity contribution in [3.8, 4) is 5.75 Å². The van der Waals surface area contributed by atoms with E-state index in [2.05, 4.69) is 12.1 Å². The van der Waals surface area contributed by atoms with E-state index in [1.807, 2.05) is 36.4 Å². The number of benzene rings is 2. The van der Waals surface area contributed by atoms with Gasteiger partial charge in [-0.3, -0.25) is 0 Å². The Kier molecular flexibility index (Phi) is 4.23. The third-order valence-corrected chi connectivity index (χ3v) is 3.02. The van der Waals surface area contributed by atoms with Crippen molar-refractivity contribution in [2.24, 2.45) is 10.9 Å². The van der Waals surface area contributed by atoms with Crippen molar-refractivity contribution < 1.29 is 9.94 Å². The van der Waals surface area contributed by atoms with Crippen molar-refractivity contribution in [3.05, 3.63) is 42.0 Å². The molecule has 4 nitrogen and oxygen atoms in total. The van der Waals surface area contributed by atoms with Crippen molar-refractivity contribution in [2.45, 2.75) is 19.8 Å². The molecule has 3 N–H and O–H groups in total. The maximum absolute atomic E-state index is 8.82. The first-order chi connectivity index (χ1) is 9.27. The molecule has 100 valence electrons. The molecule has 2 aromatic rings. The molecule has 0 amide bonds. The van der Waals surface area contributed by atoms with Crippen LogP contribution in [0.25, 0.3) is 10.8 Å². The number of hydrogen-bond donors (Lipinski definition) is 2. The van der Waals surface area contributed by atoms with Crippen molar-refractivity contribution in [1.82, 2.24) is 0 Å². The molecule has 0 unspecified atom stereocenters. The van der Waals surface area contributed by atoms with Crippen LogP contribution in [0.1, 0.15) is 25.3 Å². The SMILES string of the molecule is CCCCOc1ccc(/C(N)=N/O)c2ccccc12. The van der Waals surface area contributed by atoms with Crippen LogP contribution in [0.3, 0.4) is 0 Å². The van der Waals surface area contributed by atoms with E-state index in [0.717, 1.165) is 29.4 Å². The van der Waals surface area contributed by atoms with Crippen LogP contribution in [-0.2, 0) is 0 Å². The molecule has 0 aromatic heterocycles. The second-order valence-corrected chi connectivity index (χ2v) is 4.34. The third kappa shape index (κ3) is 2.78. The summed E-state index contributed by atoms with van der Waals surface area (Å²) in [5, 5.41) is 13.8. The highest BCUT2D eigenvalue weighted by atomic mass is 16.5. The molecule has 2 rings (SSSR count). The van der Waals surface area contributed by atoms with Crippen molar-refractivity contribution in [1.29, 1.82) is 0 Å². The van der Waals surface area contributed by atoms with Crippen molar-refractivity contribution in [3.63, 3.8) is 0 Å². The minimum atomic E-state index is 0.108. The Bertz CT molecular complexity index is 594. The summed E-state index contributed by atoms with van der Waals surface area (Å²) in [6, 6.07) is 11.5. The molecule has 0 saturated heterocycles. The van der Waals surface area contributed by atoms with E-state index in [1.165, 1.54) is 0 Å². The van der Waals surface area contributed by atoms with Gasteiger partial charge in [-0.05, 0) is 23.9 Å². The first kappa shape index (κ1) is 13.2. The van der Waals surface area contributed by atoms with E-state index in [1.54, 1.807) is 0 Å². The van der Waals surface area contributed by atoms with Gasteiger partial charge in [-0.25, -0.2) is 0 Å². The second kappa shape index (κ2) is 6.09. The molecule has 0 saturated carbocycles. The summed E-state index contributed by atoms with van der Waals surface area (Å²) in [6.45, 7) is 2.83. The fourth-order valence-electron chi connectivity index (χ4n) is 2.00. The first-order valence-electron chi connectivity index (χ1n) is 6.40. The number of fused-ring (bicyclic) bond motifs is 1. The number of oxime groups is 1. The Balaban J connectivity index is 2.46. The number of ether oxygens (including phenoxy) is 1. The van der Waals surface area contributed by atoms with Crippen LogP contribution in [0.2, 0.25) is 0 Å². The van der Waals surface area contributed by atoms with Crippen molar-refractivity contribution in [2.75, 3.05) is 6.61 Å². The molecular formula is C15H18N2O2. The number of hydrogen-bond acceptors (Lipinski definition) is 3. The lowest BCUT2D eigenvalue weighted by molar-refractivity contribution is 0.313. The largest absolute Gasteiger partial charge is 0.493 e. The van der Waals surface area contributed by atoms with Crippen LogP contribution in [0.15, 0.2) is 41.6 Å². The van der Waals surface area contributed by atoms with Crippen LogP contribution in [0.5, 0.6) is 5.75 Å². The molecular weight excluding hydrogens is 240 g/mol. The summed E-state index contributed by atoms with van der Waals surface area (Å²) in [4.78, 5) is 0. The maximum atomic E-state index is 8.82. The van der Waals surface area contributed by atoms with Crippen LogP contribution in [0, 0.1) is 0 Å².